The van der Waals surface area contributed by atoms with Crippen LogP contribution in [0.25, 0.3) is 22.3 Å². The number of nitrogens with one attached hydrogen (secondary N) is 1. The van der Waals surface area contributed by atoms with Crippen molar-refractivity contribution in [2.75, 3.05) is 0 Å². The highest BCUT2D eigenvalue weighted by Crippen LogP contribution is 2.23. The predicted molar refractivity (Wildman–Crippen MR) is 115 cm³/mol. The minimum absolute atomic E-state index is 0.351. The standard InChI is InChI=1S/C23H18N6O/c1-15-16(11-17(13-24)29(15)2)14-26-28-23(30)19-12-22(21-9-5-6-10-25-21)27-20-8-4-3-7-18(19)20/h3-12,14H,1-2H3,(H,28,30)/b26-14-. The van der Waals surface area contributed by atoms with E-state index in [1.807, 2.05) is 56.4 Å². The third-order valence-electron chi connectivity index (χ3n) is 4.95. The van der Waals surface area contributed by atoms with Crippen LogP contribution in [-0.4, -0.2) is 26.7 Å². The maximum atomic E-state index is 12.9. The Morgan fingerprint density at radius 3 is 2.70 bits per heavy atom. The Bertz CT molecular complexity index is 1320. The summed E-state index contributed by atoms with van der Waals surface area (Å²) in [5.74, 6) is -0.351. The summed E-state index contributed by atoms with van der Waals surface area (Å²) in [4.78, 5) is 21.9. The van der Waals surface area contributed by atoms with Gasteiger partial charge in [0, 0.05) is 29.9 Å². The number of hydrazone groups is 1. The number of hydrogen-bond acceptors (Lipinski definition) is 5. The first-order valence-corrected chi connectivity index (χ1v) is 9.29. The van der Waals surface area contributed by atoms with Gasteiger partial charge in [-0.2, -0.15) is 10.4 Å². The lowest BCUT2D eigenvalue weighted by Crippen LogP contribution is -2.18. The van der Waals surface area contributed by atoms with Crippen LogP contribution >= 0.6 is 0 Å². The van der Waals surface area contributed by atoms with E-state index in [9.17, 15) is 4.79 Å². The van der Waals surface area contributed by atoms with Crippen molar-refractivity contribution in [2.45, 2.75) is 6.92 Å². The van der Waals surface area contributed by atoms with E-state index in [4.69, 9.17) is 5.26 Å². The Hall–Kier alpha value is -4.31. The smallest absolute Gasteiger partial charge is 0.272 e. The quantitative estimate of drug-likeness (QED) is 0.423. The second-order valence-corrected chi connectivity index (χ2v) is 6.73. The maximum Gasteiger partial charge on any atom is 0.272 e. The number of para-hydroxylation sites is 1. The van der Waals surface area contributed by atoms with Crippen molar-refractivity contribution in [2.24, 2.45) is 12.1 Å². The number of rotatable bonds is 4. The zero-order valence-electron chi connectivity index (χ0n) is 16.5. The molecule has 0 spiro atoms. The maximum absolute atomic E-state index is 12.9. The molecule has 0 fully saturated rings. The lowest BCUT2D eigenvalue weighted by molar-refractivity contribution is 0.0956. The number of nitriles is 1. The zero-order valence-corrected chi connectivity index (χ0v) is 16.5. The lowest BCUT2D eigenvalue weighted by atomic mass is 10.1. The van der Waals surface area contributed by atoms with Gasteiger partial charge < -0.3 is 4.57 Å². The van der Waals surface area contributed by atoms with Crippen LogP contribution in [0.5, 0.6) is 0 Å². The fraction of sp³-hybridized carbons (Fsp3) is 0.0870. The number of nitrogens with zero attached hydrogens (tertiary/aromatic N) is 5. The molecular weight excluding hydrogens is 376 g/mol. The highest BCUT2D eigenvalue weighted by atomic mass is 16.2. The monoisotopic (exact) mass is 394 g/mol. The van der Waals surface area contributed by atoms with Gasteiger partial charge >= 0.3 is 0 Å². The molecule has 30 heavy (non-hydrogen) atoms. The molecule has 3 aromatic heterocycles. The van der Waals surface area contributed by atoms with E-state index in [0.717, 1.165) is 16.6 Å². The van der Waals surface area contributed by atoms with E-state index in [0.29, 0.717) is 28.2 Å². The highest BCUT2D eigenvalue weighted by Gasteiger charge is 2.14. The van der Waals surface area contributed by atoms with Crippen molar-refractivity contribution >= 4 is 23.0 Å². The molecule has 0 aliphatic carbocycles. The van der Waals surface area contributed by atoms with Crippen LogP contribution in [0.1, 0.15) is 27.3 Å². The second kappa shape index (κ2) is 7.97. The molecule has 1 aromatic carbocycles. The van der Waals surface area contributed by atoms with Gasteiger partial charge in [-0.15, -0.1) is 0 Å². The van der Waals surface area contributed by atoms with Crippen LogP contribution in [0.3, 0.4) is 0 Å². The van der Waals surface area contributed by atoms with Gasteiger partial charge in [0.1, 0.15) is 11.8 Å². The molecule has 7 nitrogen and oxygen atoms in total. The van der Waals surface area contributed by atoms with Crippen LogP contribution in [-0.2, 0) is 7.05 Å². The molecule has 4 rings (SSSR count). The molecule has 0 unspecified atom stereocenters. The normalized spacial score (nSPS) is 11.0. The molecular formula is C23H18N6O. The van der Waals surface area contributed by atoms with Crippen molar-refractivity contribution in [3.63, 3.8) is 0 Å². The van der Waals surface area contributed by atoms with Gasteiger partial charge in [-0.1, -0.05) is 24.3 Å². The summed E-state index contributed by atoms with van der Waals surface area (Å²) < 4.78 is 1.78. The molecule has 0 bridgehead atoms. The van der Waals surface area contributed by atoms with Gasteiger partial charge in [0.25, 0.3) is 5.91 Å². The summed E-state index contributed by atoms with van der Waals surface area (Å²) in [6.45, 7) is 1.89. The van der Waals surface area contributed by atoms with E-state index in [-0.39, 0.29) is 5.91 Å². The van der Waals surface area contributed by atoms with E-state index in [2.05, 4.69) is 26.6 Å². The fourth-order valence-corrected chi connectivity index (χ4v) is 3.19. The number of benzene rings is 1. The molecule has 0 aliphatic rings. The van der Waals surface area contributed by atoms with Crippen molar-refractivity contribution in [1.29, 1.82) is 5.26 Å². The van der Waals surface area contributed by atoms with Crippen LogP contribution in [0.15, 0.2) is 65.9 Å². The van der Waals surface area contributed by atoms with Crippen molar-refractivity contribution in [3.8, 4) is 17.5 Å². The number of pyridine rings is 2. The Morgan fingerprint density at radius 1 is 1.17 bits per heavy atom. The van der Waals surface area contributed by atoms with Gasteiger partial charge in [-0.05, 0) is 37.3 Å². The van der Waals surface area contributed by atoms with Crippen LogP contribution < -0.4 is 5.43 Å². The first-order chi connectivity index (χ1) is 14.6. The molecule has 0 atom stereocenters. The van der Waals surface area contributed by atoms with Crippen LogP contribution in [0.2, 0.25) is 0 Å². The van der Waals surface area contributed by atoms with E-state index in [1.54, 1.807) is 22.9 Å². The average Bonchev–Trinajstić information content (AvgIpc) is 3.06. The first-order valence-electron chi connectivity index (χ1n) is 9.29. The number of hydrogen-bond donors (Lipinski definition) is 1. The van der Waals surface area contributed by atoms with Crippen LogP contribution in [0.4, 0.5) is 0 Å². The van der Waals surface area contributed by atoms with E-state index >= 15 is 0 Å². The number of fused-ring (bicyclic) bond motifs is 1. The summed E-state index contributed by atoms with van der Waals surface area (Å²) in [6, 6.07) is 18.6. The predicted octanol–water partition coefficient (Wildman–Crippen LogP) is 3.58. The van der Waals surface area contributed by atoms with Gasteiger partial charge in [-0.3, -0.25) is 9.78 Å². The molecule has 0 saturated carbocycles. The summed E-state index contributed by atoms with van der Waals surface area (Å²) in [5.41, 5.74) is 7.22. The van der Waals surface area contributed by atoms with Crippen molar-refractivity contribution in [1.82, 2.24) is 20.0 Å². The zero-order chi connectivity index (χ0) is 21.1. The number of aromatic nitrogens is 3. The van der Waals surface area contributed by atoms with Gasteiger partial charge in [0.2, 0.25) is 0 Å². The van der Waals surface area contributed by atoms with Crippen molar-refractivity contribution < 1.29 is 4.79 Å². The summed E-state index contributed by atoms with van der Waals surface area (Å²) in [5, 5.41) is 14.0. The summed E-state index contributed by atoms with van der Waals surface area (Å²) >= 11 is 0. The van der Waals surface area contributed by atoms with Crippen LogP contribution in [0, 0.1) is 18.3 Å². The van der Waals surface area contributed by atoms with E-state index < -0.39 is 0 Å². The third kappa shape index (κ3) is 3.54. The Labute approximate surface area is 173 Å². The number of amides is 1. The van der Waals surface area contributed by atoms with Gasteiger partial charge in [0.05, 0.1) is 28.7 Å². The molecule has 1 N–H and O–H groups in total. The van der Waals surface area contributed by atoms with Gasteiger partial charge in [0.15, 0.2) is 0 Å². The molecule has 146 valence electrons. The third-order valence-corrected chi connectivity index (χ3v) is 4.95. The Balaban J connectivity index is 1.67. The van der Waals surface area contributed by atoms with Crippen molar-refractivity contribution in [3.05, 3.63) is 83.3 Å². The first kappa shape index (κ1) is 19.0. The molecule has 3 heterocycles. The molecule has 7 heteroatoms. The minimum Gasteiger partial charge on any atom is -0.339 e. The molecule has 0 aliphatic heterocycles. The highest BCUT2D eigenvalue weighted by molar-refractivity contribution is 6.07. The average molecular weight is 394 g/mol. The molecule has 0 saturated heterocycles. The largest absolute Gasteiger partial charge is 0.339 e. The number of carbonyl (C=O) groups is 1. The van der Waals surface area contributed by atoms with Gasteiger partial charge in [-0.25, -0.2) is 10.4 Å². The SMILES string of the molecule is Cc1c(/C=N\NC(=O)c2cc(-c3ccccn3)nc3ccccc23)cc(C#N)n1C. The fourth-order valence-electron chi connectivity index (χ4n) is 3.19. The number of carbonyl (C=O) groups excluding carboxylic acids is 1. The topological polar surface area (TPSA) is 96.0 Å². The minimum atomic E-state index is -0.351. The Morgan fingerprint density at radius 2 is 1.97 bits per heavy atom. The molecule has 4 aromatic rings. The lowest BCUT2D eigenvalue weighted by Gasteiger charge is -2.08. The summed E-state index contributed by atoms with van der Waals surface area (Å²) in [7, 11) is 1.81. The Kier molecular flexibility index (Phi) is 5.06. The van der Waals surface area contributed by atoms with E-state index in [1.165, 1.54) is 6.21 Å². The second-order valence-electron chi connectivity index (χ2n) is 6.73. The molecule has 0 radical (unpaired) electrons. The molecule has 1 amide bonds. The summed E-state index contributed by atoms with van der Waals surface area (Å²) in [6.07, 6.45) is 3.23.